The molecule has 0 spiro atoms. The second-order valence-electron chi connectivity index (χ2n) is 9.92. The number of pyridine rings is 1. The van der Waals surface area contributed by atoms with E-state index < -0.39 is 73.7 Å². The predicted molar refractivity (Wildman–Crippen MR) is 144 cm³/mol. The summed E-state index contributed by atoms with van der Waals surface area (Å²) < 4.78 is 102. The van der Waals surface area contributed by atoms with Crippen molar-refractivity contribution < 1.29 is 58.6 Å². The third-order valence-corrected chi connectivity index (χ3v) is 8.63. The molecule has 16 heteroatoms. The highest BCUT2D eigenvalue weighted by atomic mass is 32.2. The minimum Gasteiger partial charge on any atom is -0.267 e. The molecular weight excluding hydrogens is 632 g/mol. The van der Waals surface area contributed by atoms with Gasteiger partial charge in [0.05, 0.1) is 16.1 Å². The van der Waals surface area contributed by atoms with Crippen molar-refractivity contribution in [2.24, 2.45) is 0 Å². The van der Waals surface area contributed by atoms with Crippen molar-refractivity contribution >= 4 is 44.3 Å². The first-order chi connectivity index (χ1) is 21.1. The number of carbonyl (C=O) groups is 3. The van der Waals surface area contributed by atoms with Crippen molar-refractivity contribution in [1.82, 2.24) is 4.98 Å². The lowest BCUT2D eigenvalue weighted by Gasteiger charge is -2.31. The number of quaternary nitrogens is 1. The number of hydroxylamine groups is 3. The standard InChI is InChI=1S/C29H20F6N3O6S/c30-28(31,32)26(40)44-38(17-19-14-15-36-23-9-5-4-8-22(19)23)24(16-18-6-2-1-3-7-18)25(39)37(27(38)41)20-10-12-21(13-11-20)45(42,43)29(33,34)35/h1-15,24H,16-17H2/q+1/t24-,38?/m1/s1. The second-order valence-corrected chi connectivity index (χ2v) is 11.9. The molecule has 0 aliphatic carbocycles. The zero-order valence-electron chi connectivity index (χ0n) is 22.6. The van der Waals surface area contributed by atoms with Crippen LogP contribution in [0.25, 0.3) is 10.9 Å². The van der Waals surface area contributed by atoms with Gasteiger partial charge in [-0.25, -0.2) is 18.0 Å². The van der Waals surface area contributed by atoms with Crippen LogP contribution in [-0.4, -0.2) is 53.7 Å². The van der Waals surface area contributed by atoms with Crippen LogP contribution < -0.4 is 4.90 Å². The van der Waals surface area contributed by atoms with E-state index in [2.05, 4.69) is 4.98 Å². The lowest BCUT2D eigenvalue weighted by Crippen LogP contribution is -2.58. The van der Waals surface area contributed by atoms with Crippen LogP contribution in [0.15, 0.2) is 96.0 Å². The lowest BCUT2D eigenvalue weighted by molar-refractivity contribution is -1.04. The number of hydrogen-bond acceptors (Lipinski definition) is 7. The van der Waals surface area contributed by atoms with Gasteiger partial charge in [-0.15, -0.1) is 0 Å². The van der Waals surface area contributed by atoms with E-state index in [9.17, 15) is 49.1 Å². The largest absolute Gasteiger partial charge is 0.501 e. The van der Waals surface area contributed by atoms with Gasteiger partial charge in [0.2, 0.25) is 6.04 Å². The number of fused-ring (bicyclic) bond motifs is 1. The van der Waals surface area contributed by atoms with Crippen LogP contribution in [0.5, 0.6) is 0 Å². The number of urea groups is 1. The van der Waals surface area contributed by atoms with Gasteiger partial charge < -0.3 is 0 Å². The van der Waals surface area contributed by atoms with Crippen LogP contribution in [0.2, 0.25) is 0 Å². The number of imide groups is 1. The van der Waals surface area contributed by atoms with Crippen molar-refractivity contribution in [1.29, 1.82) is 0 Å². The van der Waals surface area contributed by atoms with E-state index in [1.807, 2.05) is 0 Å². The molecule has 0 bridgehead atoms. The first kappa shape index (κ1) is 31.6. The Morgan fingerprint density at radius 3 is 2.11 bits per heavy atom. The van der Waals surface area contributed by atoms with E-state index in [0.717, 1.165) is 12.1 Å². The summed E-state index contributed by atoms with van der Waals surface area (Å²) in [6.45, 7) is -0.774. The van der Waals surface area contributed by atoms with Crippen LogP contribution in [0, 0.1) is 0 Å². The van der Waals surface area contributed by atoms with Crippen LogP contribution in [0.1, 0.15) is 11.1 Å². The molecule has 0 N–H and O–H groups in total. The number of carbonyl (C=O) groups excluding carboxylic acids is 3. The normalized spacial score (nSPS) is 19.2. The maximum Gasteiger partial charge on any atom is 0.501 e. The number of alkyl halides is 6. The zero-order valence-corrected chi connectivity index (χ0v) is 23.4. The molecular formula is C29H20F6N3O6S+. The van der Waals surface area contributed by atoms with Crippen LogP contribution in [-0.2, 0) is 37.2 Å². The summed E-state index contributed by atoms with van der Waals surface area (Å²) >= 11 is 0. The fraction of sp³-hybridized carbons (Fsp3) is 0.172. The van der Waals surface area contributed by atoms with Crippen molar-refractivity contribution in [2.75, 3.05) is 4.90 Å². The van der Waals surface area contributed by atoms with Gasteiger partial charge in [0.15, 0.2) is 6.54 Å². The molecule has 3 amide bonds. The van der Waals surface area contributed by atoms with E-state index in [0.29, 0.717) is 33.5 Å². The highest BCUT2D eigenvalue weighted by molar-refractivity contribution is 7.92. The van der Waals surface area contributed by atoms with E-state index in [1.54, 1.807) is 42.5 Å². The Kier molecular flexibility index (Phi) is 7.91. The molecule has 1 aliphatic rings. The maximum absolute atomic E-state index is 14.2. The molecule has 5 rings (SSSR count). The fourth-order valence-corrected chi connectivity index (χ4v) is 5.76. The topological polar surface area (TPSA) is 111 Å². The van der Waals surface area contributed by atoms with Gasteiger partial charge in [-0.1, -0.05) is 48.5 Å². The van der Waals surface area contributed by atoms with Gasteiger partial charge in [0.25, 0.3) is 9.84 Å². The summed E-state index contributed by atoms with van der Waals surface area (Å²) in [4.78, 5) is 48.9. The summed E-state index contributed by atoms with van der Waals surface area (Å²) in [5.74, 6) is -3.92. The average Bonchev–Trinajstić information content (AvgIpc) is 3.17. The summed E-state index contributed by atoms with van der Waals surface area (Å²) in [5, 5.41) is 0.374. The number of benzene rings is 3. The molecule has 0 radical (unpaired) electrons. The minimum atomic E-state index is -5.80. The Balaban J connectivity index is 1.69. The first-order valence-corrected chi connectivity index (χ1v) is 14.4. The Morgan fingerprint density at radius 2 is 1.49 bits per heavy atom. The summed E-state index contributed by atoms with van der Waals surface area (Å²) in [6, 6.07) is 14.8. The maximum atomic E-state index is 14.2. The Hall–Kier alpha value is -4.83. The van der Waals surface area contributed by atoms with E-state index in [-0.39, 0.29) is 5.56 Å². The van der Waals surface area contributed by atoms with Crippen molar-refractivity contribution in [2.45, 2.75) is 35.6 Å². The smallest absolute Gasteiger partial charge is 0.267 e. The highest BCUT2D eigenvalue weighted by Gasteiger charge is 2.67. The third kappa shape index (κ3) is 5.73. The van der Waals surface area contributed by atoms with Crippen molar-refractivity contribution in [3.05, 3.63) is 102 Å². The number of para-hydroxylation sites is 1. The summed E-state index contributed by atoms with van der Waals surface area (Å²) in [7, 11) is -5.80. The Morgan fingerprint density at radius 1 is 0.867 bits per heavy atom. The van der Waals surface area contributed by atoms with Gasteiger partial charge in [-0.05, 0) is 46.6 Å². The number of hydrogen-bond donors (Lipinski definition) is 0. The molecule has 9 nitrogen and oxygen atoms in total. The molecule has 0 saturated carbocycles. The number of halogens is 6. The molecule has 2 heterocycles. The first-order valence-electron chi connectivity index (χ1n) is 12.9. The lowest BCUT2D eigenvalue weighted by atomic mass is 10.0. The van der Waals surface area contributed by atoms with Gasteiger partial charge >= 0.3 is 29.6 Å². The van der Waals surface area contributed by atoms with Gasteiger partial charge in [-0.3, -0.25) is 14.6 Å². The van der Waals surface area contributed by atoms with Gasteiger partial charge in [-0.2, -0.15) is 31.2 Å². The molecule has 1 aliphatic heterocycles. The molecule has 234 valence electrons. The molecule has 2 atom stereocenters. The van der Waals surface area contributed by atoms with E-state index >= 15 is 0 Å². The molecule has 1 aromatic heterocycles. The quantitative estimate of drug-likeness (QED) is 0.144. The van der Waals surface area contributed by atoms with Gasteiger partial charge in [0, 0.05) is 23.6 Å². The fourth-order valence-electron chi connectivity index (χ4n) is 5.00. The summed E-state index contributed by atoms with van der Waals surface area (Å²) in [6.07, 6.45) is -4.68. The molecule has 1 unspecified atom stereocenters. The monoisotopic (exact) mass is 652 g/mol. The molecule has 1 fully saturated rings. The molecule has 1 saturated heterocycles. The Labute approximate surface area is 250 Å². The van der Waals surface area contributed by atoms with Gasteiger partial charge in [0.1, 0.15) is 0 Å². The number of rotatable bonds is 7. The number of sulfone groups is 1. The SMILES string of the molecule is O=C1[C@@H](Cc2ccccc2)[N+](Cc2ccnc3ccccc23)(OC(=O)C(F)(F)F)C(=O)N1c1ccc(S(=O)(=O)C(F)(F)F)cc1. The Bertz CT molecular complexity index is 1890. The number of aromatic nitrogens is 1. The number of nitrogens with zero attached hydrogens (tertiary/aromatic N) is 3. The van der Waals surface area contributed by atoms with Crippen molar-refractivity contribution in [3.8, 4) is 0 Å². The molecule has 45 heavy (non-hydrogen) atoms. The van der Waals surface area contributed by atoms with E-state index in [1.165, 1.54) is 24.4 Å². The van der Waals surface area contributed by atoms with Crippen LogP contribution >= 0.6 is 0 Å². The molecule has 4 aromatic rings. The van der Waals surface area contributed by atoms with E-state index in [4.69, 9.17) is 4.84 Å². The van der Waals surface area contributed by atoms with Crippen LogP contribution in [0.4, 0.5) is 36.8 Å². The van der Waals surface area contributed by atoms with Crippen LogP contribution in [0.3, 0.4) is 0 Å². The second kappa shape index (κ2) is 11.3. The number of amides is 3. The predicted octanol–water partition coefficient (Wildman–Crippen LogP) is 5.64. The summed E-state index contributed by atoms with van der Waals surface area (Å²) in [5.41, 5.74) is -5.18. The molecule has 3 aromatic carbocycles. The number of anilines is 1. The minimum absolute atomic E-state index is 0.184. The average molecular weight is 653 g/mol. The highest BCUT2D eigenvalue weighted by Crippen LogP contribution is 2.39. The van der Waals surface area contributed by atoms with Crippen molar-refractivity contribution in [3.63, 3.8) is 0 Å². The zero-order chi connectivity index (χ0) is 32.8. The third-order valence-electron chi connectivity index (χ3n) is 7.13.